The Morgan fingerprint density at radius 2 is 1.58 bits per heavy atom. The van der Waals surface area contributed by atoms with Gasteiger partial charge >= 0.3 is 0 Å². The molecule has 2 aromatic rings. The van der Waals surface area contributed by atoms with Gasteiger partial charge in [0.2, 0.25) is 11.8 Å². The summed E-state index contributed by atoms with van der Waals surface area (Å²) in [6.07, 6.45) is 3.40. The van der Waals surface area contributed by atoms with E-state index in [1.54, 1.807) is 12.1 Å². The van der Waals surface area contributed by atoms with Crippen LogP contribution in [0.2, 0.25) is 0 Å². The van der Waals surface area contributed by atoms with Crippen LogP contribution in [0.5, 0.6) is 0 Å². The van der Waals surface area contributed by atoms with Gasteiger partial charge in [0.15, 0.2) is 21.2 Å². The number of nitrogens with one attached hydrogen (secondary N) is 2. The zero-order valence-electron chi connectivity index (χ0n) is 27.3. The monoisotopic (exact) mass is 641 g/mol. The van der Waals surface area contributed by atoms with Crippen molar-refractivity contribution in [1.82, 2.24) is 10.6 Å². The second-order valence-electron chi connectivity index (χ2n) is 13.0. The van der Waals surface area contributed by atoms with E-state index in [9.17, 15) is 27.6 Å². The van der Waals surface area contributed by atoms with Crippen LogP contribution in [0.15, 0.2) is 54.6 Å². The second-order valence-corrected chi connectivity index (χ2v) is 15.6. The van der Waals surface area contributed by atoms with E-state index in [0.29, 0.717) is 17.5 Å². The van der Waals surface area contributed by atoms with Gasteiger partial charge in [0, 0.05) is 19.1 Å². The van der Waals surface area contributed by atoms with Gasteiger partial charge in [-0.15, -0.1) is 0 Å². The van der Waals surface area contributed by atoms with E-state index >= 15 is 0 Å². The van der Waals surface area contributed by atoms with Crippen molar-refractivity contribution in [2.45, 2.75) is 102 Å². The summed E-state index contributed by atoms with van der Waals surface area (Å²) in [4.78, 5) is 54.4. The molecule has 4 atom stereocenters. The third-order valence-electron chi connectivity index (χ3n) is 8.74. The molecular weight excluding hydrogens is 594 g/mol. The highest BCUT2D eigenvalue weighted by Gasteiger charge is 2.77. The molecule has 1 heterocycles. The number of hydrogen-bond donors (Lipinski definition) is 3. The molecule has 11 heteroatoms. The minimum atomic E-state index is -3.92. The number of carbonyl (C=O) groups excluding carboxylic acids is 4. The highest BCUT2D eigenvalue weighted by molar-refractivity contribution is 7.92. The van der Waals surface area contributed by atoms with E-state index in [4.69, 9.17) is 10.5 Å². The molecule has 0 aliphatic carbocycles. The van der Waals surface area contributed by atoms with Gasteiger partial charge in [-0.2, -0.15) is 0 Å². The molecule has 1 unspecified atom stereocenters. The molecule has 3 rings (SSSR count). The Kier molecular flexibility index (Phi) is 11.0. The number of ether oxygens (including phenoxy) is 1. The van der Waals surface area contributed by atoms with Crippen molar-refractivity contribution < 1.29 is 32.3 Å². The molecule has 0 spiro atoms. The summed E-state index contributed by atoms with van der Waals surface area (Å²) in [7, 11) is -3.92. The zero-order valence-corrected chi connectivity index (χ0v) is 28.1. The lowest BCUT2D eigenvalue weighted by Gasteiger charge is -2.35. The van der Waals surface area contributed by atoms with Gasteiger partial charge in [-0.3, -0.25) is 19.2 Å². The molecule has 246 valence electrons. The second kappa shape index (κ2) is 13.8. The van der Waals surface area contributed by atoms with E-state index in [2.05, 4.69) is 10.6 Å². The summed E-state index contributed by atoms with van der Waals surface area (Å²) < 4.78 is 30.2. The molecule has 1 fully saturated rings. The molecule has 0 aromatic heterocycles. The summed E-state index contributed by atoms with van der Waals surface area (Å²) in [6, 6.07) is 15.0. The van der Waals surface area contributed by atoms with Crippen LogP contribution in [0.1, 0.15) is 85.1 Å². The van der Waals surface area contributed by atoms with Gasteiger partial charge in [0.1, 0.15) is 11.8 Å². The van der Waals surface area contributed by atoms with Crippen LogP contribution >= 0.6 is 0 Å². The van der Waals surface area contributed by atoms with Gasteiger partial charge in [-0.05, 0) is 49.8 Å². The summed E-state index contributed by atoms with van der Waals surface area (Å²) in [6.45, 7) is 9.74. The number of ketones is 1. The Hall–Kier alpha value is -3.57. The van der Waals surface area contributed by atoms with E-state index in [1.165, 1.54) is 20.8 Å². The van der Waals surface area contributed by atoms with E-state index in [1.807, 2.05) is 63.2 Å². The van der Waals surface area contributed by atoms with Gasteiger partial charge in [-0.25, -0.2) is 8.42 Å². The van der Waals surface area contributed by atoms with Crippen molar-refractivity contribution in [2.24, 2.45) is 11.7 Å². The van der Waals surface area contributed by atoms with Crippen LogP contribution in [0.25, 0.3) is 11.1 Å². The minimum absolute atomic E-state index is 0.0489. The van der Waals surface area contributed by atoms with Crippen molar-refractivity contribution in [2.75, 3.05) is 6.26 Å². The predicted octanol–water partition coefficient (Wildman–Crippen LogP) is 4.03. The number of primary amides is 1. The molecule has 0 radical (unpaired) electrons. The smallest absolute Gasteiger partial charge is 0.254 e. The molecule has 1 aliphatic heterocycles. The van der Waals surface area contributed by atoms with Crippen LogP contribution in [0.3, 0.4) is 0 Å². The lowest BCUT2D eigenvalue weighted by Crippen LogP contribution is -2.64. The molecule has 2 aromatic carbocycles. The normalized spacial score (nSPS) is 21.1. The van der Waals surface area contributed by atoms with E-state index < -0.39 is 55.6 Å². The molecule has 0 saturated carbocycles. The number of nitrogens with two attached hydrogens (primary N) is 1. The first-order chi connectivity index (χ1) is 20.9. The fraction of sp³-hybridized carbons (Fsp3) is 0.529. The topological polar surface area (TPSA) is 165 Å². The minimum Gasteiger partial charge on any atom is -0.367 e. The first-order valence-electron chi connectivity index (χ1n) is 15.4. The lowest BCUT2D eigenvalue weighted by molar-refractivity contribution is -0.132. The number of epoxide rings is 1. The molecular formula is C34H47N3O7S. The standard InChI is InChI=1S/C34H47N3O7S/c1-8-9-11-20-26(38)28(25-19-15-14-18-24(25)23-16-12-10-13-17-23)34(33(6,44-34)31(35)41)37-30(40)29(32(4,5)45(7,42)43)36-27(39)21-22(2)3/h10,12-19,22,28-29H,8-9,11,20-21H2,1-7H3,(H2,35,41)(H,36,39)(H,37,40)/t28?,29-,33-,34+/m1/s1. The number of rotatable bonds is 16. The van der Waals surface area contributed by atoms with Crippen LogP contribution in [0, 0.1) is 5.92 Å². The number of carbonyl (C=O) groups is 4. The highest BCUT2D eigenvalue weighted by atomic mass is 32.2. The van der Waals surface area contributed by atoms with E-state index in [-0.39, 0.29) is 24.5 Å². The average molecular weight is 642 g/mol. The maximum absolute atomic E-state index is 14.3. The fourth-order valence-electron chi connectivity index (χ4n) is 5.64. The van der Waals surface area contributed by atoms with Crippen LogP contribution in [-0.2, 0) is 33.8 Å². The Labute approximate surface area is 266 Å². The summed E-state index contributed by atoms with van der Waals surface area (Å²) in [5.74, 6) is -3.89. The number of sulfone groups is 1. The fourth-order valence-corrected chi connectivity index (χ4v) is 6.23. The number of benzene rings is 2. The molecule has 45 heavy (non-hydrogen) atoms. The number of unbranched alkanes of at least 4 members (excludes halogenated alkanes) is 2. The van der Waals surface area contributed by atoms with Gasteiger partial charge in [-0.1, -0.05) is 88.2 Å². The first-order valence-corrected chi connectivity index (χ1v) is 17.3. The molecule has 1 saturated heterocycles. The molecule has 10 nitrogen and oxygen atoms in total. The summed E-state index contributed by atoms with van der Waals surface area (Å²) in [5.41, 5.74) is 4.08. The SMILES string of the molecule is CCCCCC(=O)C(c1ccccc1-c1ccccc1)[C@]1(NC(=O)[C@@H](NC(=O)CC(C)C)C(C)(C)S(C)(=O)=O)O[C@]1(C)C(N)=O. The Morgan fingerprint density at radius 3 is 2.11 bits per heavy atom. The maximum Gasteiger partial charge on any atom is 0.254 e. The number of amides is 3. The Morgan fingerprint density at radius 1 is 0.978 bits per heavy atom. The number of Topliss-reactive ketones (excluding diaryl/α,β-unsaturated/α-hetero) is 1. The highest BCUT2D eigenvalue weighted by Crippen LogP contribution is 2.56. The van der Waals surface area contributed by atoms with Crippen LogP contribution in [-0.4, -0.2) is 60.3 Å². The van der Waals surface area contributed by atoms with Crippen molar-refractivity contribution in [3.8, 4) is 11.1 Å². The molecule has 4 N–H and O–H groups in total. The third kappa shape index (κ3) is 7.47. The third-order valence-corrected chi connectivity index (χ3v) is 10.9. The molecule has 3 amide bonds. The van der Waals surface area contributed by atoms with E-state index in [0.717, 1.165) is 24.7 Å². The van der Waals surface area contributed by atoms with Crippen molar-refractivity contribution in [3.05, 3.63) is 60.2 Å². The zero-order chi connectivity index (χ0) is 33.8. The predicted molar refractivity (Wildman–Crippen MR) is 174 cm³/mol. The Balaban J connectivity index is 2.23. The van der Waals surface area contributed by atoms with Crippen molar-refractivity contribution in [1.29, 1.82) is 0 Å². The first kappa shape index (κ1) is 35.9. The Bertz CT molecular complexity index is 1520. The van der Waals surface area contributed by atoms with Gasteiger partial charge < -0.3 is 21.1 Å². The summed E-state index contributed by atoms with van der Waals surface area (Å²) in [5, 5.41) is 5.37. The van der Waals surface area contributed by atoms with Crippen molar-refractivity contribution >= 4 is 33.3 Å². The quantitative estimate of drug-likeness (QED) is 0.184. The van der Waals surface area contributed by atoms with Crippen molar-refractivity contribution in [3.63, 3.8) is 0 Å². The lowest BCUT2D eigenvalue weighted by atomic mass is 9.77. The van der Waals surface area contributed by atoms with Gasteiger partial charge in [0.05, 0.1) is 10.7 Å². The average Bonchev–Trinajstić information content (AvgIpc) is 3.56. The summed E-state index contributed by atoms with van der Waals surface area (Å²) >= 11 is 0. The number of hydrogen-bond acceptors (Lipinski definition) is 7. The van der Waals surface area contributed by atoms with Crippen LogP contribution in [0.4, 0.5) is 0 Å². The van der Waals surface area contributed by atoms with Gasteiger partial charge in [0.25, 0.3) is 5.91 Å². The molecule has 0 bridgehead atoms. The maximum atomic E-state index is 14.3. The largest absolute Gasteiger partial charge is 0.367 e. The van der Waals surface area contributed by atoms with Crippen LogP contribution < -0.4 is 16.4 Å². The molecule has 1 aliphatic rings.